The Hall–Kier alpha value is -1.85. The minimum Gasteiger partial charge on any atom is -0.462 e. The number of hydrogen-bond donors (Lipinski definition) is 0. The minimum atomic E-state index is -0.440. The maximum absolute atomic E-state index is 12.9. The molecule has 3 aliphatic carbocycles. The number of ether oxygens (including phenoxy) is 2. The van der Waals surface area contributed by atoms with Crippen molar-refractivity contribution in [3.63, 3.8) is 0 Å². The Morgan fingerprint density at radius 1 is 1.26 bits per heavy atom. The van der Waals surface area contributed by atoms with E-state index >= 15 is 0 Å². The van der Waals surface area contributed by atoms with E-state index < -0.39 is 5.97 Å². The first kappa shape index (κ1) is 19.9. The second kappa shape index (κ2) is 7.28. The Bertz CT molecular complexity index is 649. The van der Waals surface area contributed by atoms with Crippen molar-refractivity contribution < 1.29 is 23.9 Å². The van der Waals surface area contributed by atoms with Gasteiger partial charge in [-0.3, -0.25) is 9.59 Å². The Balaban J connectivity index is 1.59. The van der Waals surface area contributed by atoms with Crippen LogP contribution in [0.25, 0.3) is 0 Å². The maximum Gasteiger partial charge on any atom is 0.333 e. The SMILES string of the molecule is C=C(C)C(=O)OCCCC(=O)OC1C2CCC3C(C2)C(=O)N(C(C)(C)C)C31. The molecule has 1 saturated heterocycles. The Morgan fingerprint density at radius 3 is 2.59 bits per heavy atom. The van der Waals surface area contributed by atoms with Crippen LogP contribution in [0, 0.1) is 17.8 Å². The van der Waals surface area contributed by atoms with Gasteiger partial charge in [0.15, 0.2) is 0 Å². The quantitative estimate of drug-likeness (QED) is 0.404. The predicted molar refractivity (Wildman–Crippen MR) is 99.6 cm³/mol. The standard InChI is InChI=1S/C21H31NO5/c1-12(2)20(25)26-10-6-7-16(23)27-18-13-8-9-14-15(11-13)19(24)22(17(14)18)21(3,4)5/h13-15,17-18H,1,6-11H2,2-5H3. The van der Waals surface area contributed by atoms with Crippen LogP contribution in [-0.2, 0) is 23.9 Å². The molecule has 4 rings (SSSR count). The lowest BCUT2D eigenvalue weighted by Crippen LogP contribution is -2.57. The molecule has 1 amide bonds. The molecular formula is C21H31NO5. The molecule has 6 nitrogen and oxygen atoms in total. The van der Waals surface area contributed by atoms with Gasteiger partial charge < -0.3 is 14.4 Å². The van der Waals surface area contributed by atoms with Crippen LogP contribution in [0.4, 0.5) is 0 Å². The van der Waals surface area contributed by atoms with Gasteiger partial charge in [-0.05, 0) is 65.2 Å². The van der Waals surface area contributed by atoms with Crippen LogP contribution >= 0.6 is 0 Å². The van der Waals surface area contributed by atoms with Crippen molar-refractivity contribution in [2.75, 3.05) is 6.61 Å². The molecule has 0 N–H and O–H groups in total. The average Bonchev–Trinajstić information content (AvgIpc) is 2.83. The fraction of sp³-hybridized carbons (Fsp3) is 0.762. The molecule has 6 heteroatoms. The highest BCUT2D eigenvalue weighted by Crippen LogP contribution is 2.54. The first-order chi connectivity index (χ1) is 12.6. The molecule has 5 atom stereocenters. The topological polar surface area (TPSA) is 72.9 Å². The number of carbonyl (C=O) groups excluding carboxylic acids is 3. The number of esters is 2. The fourth-order valence-electron chi connectivity index (χ4n) is 5.06. The average molecular weight is 377 g/mol. The molecule has 27 heavy (non-hydrogen) atoms. The molecular weight excluding hydrogens is 346 g/mol. The lowest BCUT2D eigenvalue weighted by Gasteiger charge is -2.49. The second-order valence-electron chi connectivity index (χ2n) is 9.19. The van der Waals surface area contributed by atoms with Crippen molar-refractivity contribution in [3.8, 4) is 0 Å². The largest absolute Gasteiger partial charge is 0.462 e. The summed E-state index contributed by atoms with van der Waals surface area (Å²) in [6.07, 6.45) is 3.32. The van der Waals surface area contributed by atoms with Gasteiger partial charge in [0.25, 0.3) is 0 Å². The molecule has 1 heterocycles. The molecule has 4 fully saturated rings. The first-order valence-corrected chi connectivity index (χ1v) is 9.96. The zero-order chi connectivity index (χ0) is 19.9. The summed E-state index contributed by atoms with van der Waals surface area (Å²) in [5, 5.41) is 0. The minimum absolute atomic E-state index is 0.000179. The summed E-state index contributed by atoms with van der Waals surface area (Å²) in [6.45, 7) is 11.4. The van der Waals surface area contributed by atoms with Gasteiger partial charge in [0.2, 0.25) is 5.91 Å². The highest BCUT2D eigenvalue weighted by Gasteiger charge is 2.62. The Labute approximate surface area is 161 Å². The van der Waals surface area contributed by atoms with Gasteiger partial charge in [0, 0.05) is 23.5 Å². The molecule has 3 saturated carbocycles. The van der Waals surface area contributed by atoms with Crippen molar-refractivity contribution in [2.24, 2.45) is 17.8 Å². The van der Waals surface area contributed by atoms with E-state index in [9.17, 15) is 14.4 Å². The van der Waals surface area contributed by atoms with Gasteiger partial charge in [0.05, 0.1) is 12.6 Å². The zero-order valence-corrected chi connectivity index (χ0v) is 16.8. The van der Waals surface area contributed by atoms with Crippen molar-refractivity contribution in [2.45, 2.75) is 77.5 Å². The number of fused-ring (bicyclic) bond motifs is 1. The molecule has 0 aromatic carbocycles. The summed E-state index contributed by atoms with van der Waals surface area (Å²) in [5.74, 6) is 0.187. The number of amides is 1. The second-order valence-corrected chi connectivity index (χ2v) is 9.19. The van der Waals surface area contributed by atoms with Crippen LogP contribution < -0.4 is 0 Å². The van der Waals surface area contributed by atoms with Gasteiger partial charge in [0.1, 0.15) is 6.10 Å². The van der Waals surface area contributed by atoms with Crippen LogP contribution in [0.3, 0.4) is 0 Å². The van der Waals surface area contributed by atoms with E-state index in [4.69, 9.17) is 9.47 Å². The maximum atomic E-state index is 12.9. The summed E-state index contributed by atoms with van der Waals surface area (Å²) >= 11 is 0. The fourth-order valence-corrected chi connectivity index (χ4v) is 5.06. The molecule has 0 aromatic rings. The zero-order valence-electron chi connectivity index (χ0n) is 16.8. The summed E-state index contributed by atoms with van der Waals surface area (Å²) in [4.78, 5) is 38.7. The van der Waals surface area contributed by atoms with Crippen LogP contribution in [0.1, 0.15) is 59.8 Å². The molecule has 0 aromatic heterocycles. The van der Waals surface area contributed by atoms with Gasteiger partial charge in [-0.25, -0.2) is 4.79 Å². The third-order valence-electron chi connectivity index (χ3n) is 6.13. The third kappa shape index (κ3) is 3.76. The molecule has 5 unspecified atom stereocenters. The van der Waals surface area contributed by atoms with Crippen LogP contribution in [0.15, 0.2) is 12.2 Å². The molecule has 150 valence electrons. The molecule has 0 spiro atoms. The van der Waals surface area contributed by atoms with Crippen molar-refractivity contribution >= 4 is 17.8 Å². The normalized spacial score (nSPS) is 31.8. The molecule has 0 radical (unpaired) electrons. The summed E-state index contributed by atoms with van der Waals surface area (Å²) in [7, 11) is 0. The van der Waals surface area contributed by atoms with Crippen molar-refractivity contribution in [1.82, 2.24) is 4.90 Å². The predicted octanol–water partition coefficient (Wildman–Crippen LogP) is 2.85. The third-order valence-corrected chi connectivity index (χ3v) is 6.13. The first-order valence-electron chi connectivity index (χ1n) is 9.96. The van der Waals surface area contributed by atoms with Gasteiger partial charge >= 0.3 is 11.9 Å². The molecule has 4 bridgehead atoms. The number of hydrogen-bond acceptors (Lipinski definition) is 5. The van der Waals surface area contributed by atoms with E-state index in [1.165, 1.54) is 0 Å². The summed E-state index contributed by atoms with van der Waals surface area (Å²) in [5.41, 5.74) is 0.0705. The number of rotatable bonds is 6. The van der Waals surface area contributed by atoms with Crippen LogP contribution in [-0.4, -0.2) is 47.0 Å². The van der Waals surface area contributed by atoms with Crippen LogP contribution in [0.5, 0.6) is 0 Å². The molecule has 4 aliphatic rings. The van der Waals surface area contributed by atoms with E-state index in [2.05, 4.69) is 6.58 Å². The number of carbonyl (C=O) groups is 3. The van der Waals surface area contributed by atoms with Crippen LogP contribution in [0.2, 0.25) is 0 Å². The van der Waals surface area contributed by atoms with Crippen molar-refractivity contribution in [1.29, 1.82) is 0 Å². The lowest BCUT2D eigenvalue weighted by molar-refractivity contribution is -0.166. The van der Waals surface area contributed by atoms with E-state index in [1.54, 1.807) is 6.92 Å². The molecule has 1 aliphatic heterocycles. The lowest BCUT2D eigenvalue weighted by atomic mass is 9.63. The van der Waals surface area contributed by atoms with E-state index in [1.807, 2.05) is 25.7 Å². The highest BCUT2D eigenvalue weighted by atomic mass is 16.5. The highest BCUT2D eigenvalue weighted by molar-refractivity contribution is 5.87. The Kier molecular flexibility index (Phi) is 5.37. The van der Waals surface area contributed by atoms with Gasteiger partial charge in [-0.1, -0.05) is 6.58 Å². The number of likely N-dealkylation sites (tertiary alicyclic amines) is 1. The summed E-state index contributed by atoms with van der Waals surface area (Å²) in [6, 6.07) is 0.000179. The van der Waals surface area contributed by atoms with Gasteiger partial charge in [-0.15, -0.1) is 0 Å². The monoisotopic (exact) mass is 377 g/mol. The van der Waals surface area contributed by atoms with Gasteiger partial charge in [-0.2, -0.15) is 0 Å². The van der Waals surface area contributed by atoms with E-state index in [-0.39, 0.29) is 54.4 Å². The van der Waals surface area contributed by atoms with E-state index in [0.29, 0.717) is 17.9 Å². The summed E-state index contributed by atoms with van der Waals surface area (Å²) < 4.78 is 10.9. The number of nitrogens with zero attached hydrogens (tertiary/aromatic N) is 1. The Morgan fingerprint density at radius 2 is 1.96 bits per heavy atom. The smallest absolute Gasteiger partial charge is 0.333 e. The van der Waals surface area contributed by atoms with E-state index in [0.717, 1.165) is 19.3 Å². The van der Waals surface area contributed by atoms with Crippen molar-refractivity contribution in [3.05, 3.63) is 12.2 Å².